The molecular formula is C14H21ClN2O. The third-order valence-corrected chi connectivity index (χ3v) is 4.05. The summed E-state index contributed by atoms with van der Waals surface area (Å²) in [6.45, 7) is 8.45. The SMILES string of the molecule is Cc1nc(Cl)c(OC2CCC(C)(C)CC2)nc1C. The lowest BCUT2D eigenvalue weighted by Crippen LogP contribution is -2.28. The van der Waals surface area contributed by atoms with Gasteiger partial charge >= 0.3 is 0 Å². The molecule has 1 fully saturated rings. The molecule has 0 saturated heterocycles. The first kappa shape index (κ1) is 13.6. The van der Waals surface area contributed by atoms with Crippen LogP contribution < -0.4 is 4.74 Å². The average Bonchev–Trinajstić information content (AvgIpc) is 2.28. The Balaban J connectivity index is 2.04. The molecule has 1 aromatic rings. The van der Waals surface area contributed by atoms with E-state index in [0.717, 1.165) is 24.2 Å². The van der Waals surface area contributed by atoms with E-state index in [0.29, 0.717) is 16.4 Å². The molecule has 0 aliphatic heterocycles. The zero-order chi connectivity index (χ0) is 13.3. The highest BCUT2D eigenvalue weighted by molar-refractivity contribution is 6.30. The zero-order valence-corrected chi connectivity index (χ0v) is 12.3. The van der Waals surface area contributed by atoms with Gasteiger partial charge in [0.25, 0.3) is 5.88 Å². The van der Waals surface area contributed by atoms with Crippen LogP contribution in [-0.2, 0) is 0 Å². The van der Waals surface area contributed by atoms with Crippen molar-refractivity contribution < 1.29 is 4.74 Å². The Morgan fingerprint density at radius 3 is 2.28 bits per heavy atom. The standard InChI is InChI=1S/C14H21ClN2O/c1-9-10(2)17-13(12(15)16-9)18-11-5-7-14(3,4)8-6-11/h11H,5-8H2,1-4H3. The van der Waals surface area contributed by atoms with Gasteiger partial charge in [-0.15, -0.1) is 0 Å². The molecule has 1 saturated carbocycles. The third kappa shape index (κ3) is 3.14. The van der Waals surface area contributed by atoms with Gasteiger partial charge in [-0.25, -0.2) is 9.97 Å². The lowest BCUT2D eigenvalue weighted by atomic mass is 9.76. The molecule has 0 N–H and O–H groups in total. The van der Waals surface area contributed by atoms with Crippen molar-refractivity contribution in [2.24, 2.45) is 5.41 Å². The monoisotopic (exact) mass is 268 g/mol. The van der Waals surface area contributed by atoms with Crippen molar-refractivity contribution in [3.63, 3.8) is 0 Å². The van der Waals surface area contributed by atoms with Crippen LogP contribution in [0.4, 0.5) is 0 Å². The summed E-state index contributed by atoms with van der Waals surface area (Å²) in [5.74, 6) is 0.490. The largest absolute Gasteiger partial charge is 0.472 e. The Kier molecular flexibility index (Phi) is 3.81. The minimum absolute atomic E-state index is 0.229. The van der Waals surface area contributed by atoms with Crippen LogP contribution in [0.3, 0.4) is 0 Å². The summed E-state index contributed by atoms with van der Waals surface area (Å²) in [7, 11) is 0. The van der Waals surface area contributed by atoms with Gasteiger partial charge in [-0.05, 0) is 44.9 Å². The smallest absolute Gasteiger partial charge is 0.252 e. The van der Waals surface area contributed by atoms with Crippen LogP contribution in [0, 0.1) is 19.3 Å². The first-order valence-corrected chi connectivity index (χ1v) is 6.92. The van der Waals surface area contributed by atoms with E-state index in [4.69, 9.17) is 16.3 Å². The fourth-order valence-corrected chi connectivity index (χ4v) is 2.49. The van der Waals surface area contributed by atoms with Gasteiger partial charge in [0, 0.05) is 0 Å². The molecule has 3 nitrogen and oxygen atoms in total. The topological polar surface area (TPSA) is 35.0 Å². The molecule has 0 amide bonds. The maximum atomic E-state index is 6.08. The number of halogens is 1. The van der Waals surface area contributed by atoms with Crippen molar-refractivity contribution in [1.29, 1.82) is 0 Å². The van der Waals surface area contributed by atoms with Crippen molar-refractivity contribution in [2.75, 3.05) is 0 Å². The summed E-state index contributed by atoms with van der Waals surface area (Å²) in [6, 6.07) is 0. The van der Waals surface area contributed by atoms with Crippen molar-refractivity contribution in [2.45, 2.75) is 59.5 Å². The first-order valence-electron chi connectivity index (χ1n) is 6.55. The molecule has 18 heavy (non-hydrogen) atoms. The molecule has 0 bridgehead atoms. The van der Waals surface area contributed by atoms with Gasteiger partial charge in [-0.2, -0.15) is 0 Å². The van der Waals surface area contributed by atoms with Gasteiger partial charge in [0.1, 0.15) is 6.10 Å². The second-order valence-corrected chi connectivity index (χ2v) is 6.33. The number of nitrogens with zero attached hydrogens (tertiary/aromatic N) is 2. The average molecular weight is 269 g/mol. The molecule has 1 heterocycles. The molecule has 4 heteroatoms. The summed E-state index contributed by atoms with van der Waals surface area (Å²) < 4.78 is 5.91. The number of rotatable bonds is 2. The van der Waals surface area contributed by atoms with Crippen molar-refractivity contribution in [3.05, 3.63) is 16.5 Å². The Labute approximate surface area is 114 Å². The highest BCUT2D eigenvalue weighted by atomic mass is 35.5. The van der Waals surface area contributed by atoms with E-state index >= 15 is 0 Å². The fourth-order valence-electron chi connectivity index (χ4n) is 2.28. The van der Waals surface area contributed by atoms with Gasteiger partial charge in [-0.1, -0.05) is 25.4 Å². The normalized spacial score (nSPS) is 19.8. The molecule has 1 aliphatic rings. The highest BCUT2D eigenvalue weighted by Gasteiger charge is 2.28. The van der Waals surface area contributed by atoms with Gasteiger partial charge in [-0.3, -0.25) is 0 Å². The van der Waals surface area contributed by atoms with Crippen LogP contribution >= 0.6 is 11.6 Å². The van der Waals surface area contributed by atoms with E-state index in [1.807, 2.05) is 13.8 Å². The van der Waals surface area contributed by atoms with Crippen molar-refractivity contribution >= 4 is 11.6 Å². The lowest BCUT2D eigenvalue weighted by molar-refractivity contribution is 0.0944. The number of hydrogen-bond donors (Lipinski definition) is 0. The van der Waals surface area contributed by atoms with Crippen LogP contribution in [0.15, 0.2) is 0 Å². The van der Waals surface area contributed by atoms with E-state index in [-0.39, 0.29) is 6.10 Å². The summed E-state index contributed by atoms with van der Waals surface area (Å²) in [4.78, 5) is 8.63. The molecule has 0 unspecified atom stereocenters. The molecule has 0 radical (unpaired) electrons. The Morgan fingerprint density at radius 2 is 1.67 bits per heavy atom. The Bertz CT molecular complexity index is 436. The van der Waals surface area contributed by atoms with Crippen LogP contribution in [0.1, 0.15) is 50.9 Å². The predicted molar refractivity (Wildman–Crippen MR) is 73.2 cm³/mol. The third-order valence-electron chi connectivity index (χ3n) is 3.80. The minimum atomic E-state index is 0.229. The molecule has 0 aromatic carbocycles. The van der Waals surface area contributed by atoms with Crippen LogP contribution in [0.2, 0.25) is 5.15 Å². The molecular weight excluding hydrogens is 248 g/mol. The van der Waals surface area contributed by atoms with Crippen LogP contribution in [0.25, 0.3) is 0 Å². The molecule has 100 valence electrons. The summed E-state index contributed by atoms with van der Waals surface area (Å²) in [6.07, 6.45) is 4.74. The lowest BCUT2D eigenvalue weighted by Gasteiger charge is -2.34. The summed E-state index contributed by atoms with van der Waals surface area (Å²) in [5, 5.41) is 0.378. The number of ether oxygens (including phenoxy) is 1. The van der Waals surface area contributed by atoms with E-state index in [1.54, 1.807) is 0 Å². The van der Waals surface area contributed by atoms with E-state index in [9.17, 15) is 0 Å². The van der Waals surface area contributed by atoms with E-state index < -0.39 is 0 Å². The number of aryl methyl sites for hydroxylation is 2. The van der Waals surface area contributed by atoms with Gasteiger partial charge < -0.3 is 4.74 Å². The molecule has 0 spiro atoms. The van der Waals surface area contributed by atoms with Crippen molar-refractivity contribution in [1.82, 2.24) is 9.97 Å². The predicted octanol–water partition coefficient (Wildman–Crippen LogP) is 4.09. The zero-order valence-electron chi connectivity index (χ0n) is 11.6. The van der Waals surface area contributed by atoms with Crippen LogP contribution in [0.5, 0.6) is 5.88 Å². The molecule has 1 aromatic heterocycles. The highest BCUT2D eigenvalue weighted by Crippen LogP contribution is 2.37. The quantitative estimate of drug-likeness (QED) is 0.810. The van der Waals surface area contributed by atoms with E-state index in [1.165, 1.54) is 12.8 Å². The molecule has 0 atom stereocenters. The van der Waals surface area contributed by atoms with Crippen LogP contribution in [-0.4, -0.2) is 16.1 Å². The summed E-state index contributed by atoms with van der Waals surface area (Å²) >= 11 is 6.08. The molecule has 2 rings (SSSR count). The maximum absolute atomic E-state index is 6.08. The fraction of sp³-hybridized carbons (Fsp3) is 0.714. The van der Waals surface area contributed by atoms with Gasteiger partial charge in [0.05, 0.1) is 11.4 Å². The second kappa shape index (κ2) is 5.04. The Morgan fingerprint density at radius 1 is 1.11 bits per heavy atom. The van der Waals surface area contributed by atoms with Crippen molar-refractivity contribution in [3.8, 4) is 5.88 Å². The number of hydrogen-bond acceptors (Lipinski definition) is 3. The summed E-state index contributed by atoms with van der Waals surface area (Å²) in [5.41, 5.74) is 2.18. The van der Waals surface area contributed by atoms with E-state index in [2.05, 4.69) is 23.8 Å². The minimum Gasteiger partial charge on any atom is -0.472 e. The maximum Gasteiger partial charge on any atom is 0.252 e. The van der Waals surface area contributed by atoms with Gasteiger partial charge in [0.2, 0.25) is 0 Å². The molecule has 1 aliphatic carbocycles. The number of aromatic nitrogens is 2. The Hall–Kier alpha value is -0.830. The second-order valence-electron chi connectivity index (χ2n) is 5.97. The first-order chi connectivity index (χ1) is 8.37. The van der Waals surface area contributed by atoms with Gasteiger partial charge in [0.15, 0.2) is 5.15 Å².